The minimum absolute atomic E-state index is 0.103. The van der Waals surface area contributed by atoms with Gasteiger partial charge in [0.05, 0.1) is 24.9 Å². The van der Waals surface area contributed by atoms with Crippen LogP contribution in [-0.4, -0.2) is 44.6 Å². The molecule has 0 saturated carbocycles. The average molecular weight is 300 g/mol. The maximum Gasteiger partial charge on any atom is 0.192 e. The van der Waals surface area contributed by atoms with Gasteiger partial charge in [0.15, 0.2) is 14.6 Å². The van der Waals surface area contributed by atoms with Gasteiger partial charge in [0.25, 0.3) is 0 Å². The SMILES string of the molecule is CC(C)(C)[Si](C)(C)OCC12CCC(O1)C1CO[C@@H](O)C12. The molecule has 1 N–H and O–H groups in total. The Balaban J connectivity index is 1.74. The van der Waals surface area contributed by atoms with Gasteiger partial charge in [-0.05, 0) is 31.0 Å². The fourth-order valence-electron chi connectivity index (χ4n) is 3.69. The summed E-state index contributed by atoms with van der Waals surface area (Å²) >= 11 is 0. The van der Waals surface area contributed by atoms with Gasteiger partial charge in [0.2, 0.25) is 0 Å². The van der Waals surface area contributed by atoms with E-state index in [0.717, 1.165) is 12.8 Å². The molecule has 20 heavy (non-hydrogen) atoms. The van der Waals surface area contributed by atoms with Crippen LogP contribution in [0.4, 0.5) is 0 Å². The fourth-order valence-corrected chi connectivity index (χ4v) is 4.73. The normalized spacial score (nSPS) is 44.1. The van der Waals surface area contributed by atoms with Crippen LogP contribution in [0, 0.1) is 11.8 Å². The summed E-state index contributed by atoms with van der Waals surface area (Å²) in [5.74, 6) is 0.466. The van der Waals surface area contributed by atoms with E-state index in [1.807, 2.05) is 0 Å². The third-order valence-electron chi connectivity index (χ3n) is 6.03. The molecule has 0 aromatic heterocycles. The molecular formula is C15H28O4Si. The van der Waals surface area contributed by atoms with E-state index in [9.17, 15) is 5.11 Å². The number of rotatable bonds is 3. The molecule has 3 aliphatic rings. The van der Waals surface area contributed by atoms with Crippen LogP contribution in [0.5, 0.6) is 0 Å². The van der Waals surface area contributed by atoms with Crippen LogP contribution in [-0.2, 0) is 13.9 Å². The van der Waals surface area contributed by atoms with Crippen LogP contribution in [0.15, 0.2) is 0 Å². The highest BCUT2D eigenvalue weighted by Gasteiger charge is 2.64. The molecule has 3 aliphatic heterocycles. The third-order valence-corrected chi connectivity index (χ3v) is 10.5. The lowest BCUT2D eigenvalue weighted by atomic mass is 9.73. The van der Waals surface area contributed by atoms with Gasteiger partial charge in [-0.2, -0.15) is 0 Å². The van der Waals surface area contributed by atoms with E-state index in [4.69, 9.17) is 13.9 Å². The van der Waals surface area contributed by atoms with Crippen molar-refractivity contribution in [1.29, 1.82) is 0 Å². The first-order chi connectivity index (χ1) is 9.16. The Kier molecular flexibility index (Phi) is 3.39. The Labute approximate surface area is 122 Å². The largest absolute Gasteiger partial charge is 0.414 e. The molecule has 0 aliphatic carbocycles. The van der Waals surface area contributed by atoms with Crippen molar-refractivity contribution in [2.45, 2.75) is 69.7 Å². The molecule has 3 heterocycles. The zero-order valence-corrected chi connectivity index (χ0v) is 14.3. The van der Waals surface area contributed by atoms with Crippen LogP contribution >= 0.6 is 0 Å². The summed E-state index contributed by atoms with van der Waals surface area (Å²) in [5.41, 5.74) is -0.305. The molecule has 0 aromatic rings. The maximum absolute atomic E-state index is 10.1. The summed E-state index contributed by atoms with van der Waals surface area (Å²) in [6, 6.07) is 0. The molecular weight excluding hydrogens is 272 g/mol. The van der Waals surface area contributed by atoms with Crippen molar-refractivity contribution in [2.24, 2.45) is 11.8 Å². The standard InChI is InChI=1S/C15H28O4Si/c1-14(2,3)20(4,5)18-9-15-7-6-11(19-15)10-8-17-13(16)12(10)15/h10-13,16H,6-9H2,1-5H3/t10?,11?,12?,13-,15?/m1/s1. The van der Waals surface area contributed by atoms with Crippen molar-refractivity contribution in [2.75, 3.05) is 13.2 Å². The number of aliphatic hydroxyl groups excluding tert-OH is 1. The zero-order valence-electron chi connectivity index (χ0n) is 13.3. The molecule has 4 nitrogen and oxygen atoms in total. The molecule has 0 radical (unpaired) electrons. The Hall–Kier alpha value is 0.0569. The van der Waals surface area contributed by atoms with Crippen molar-refractivity contribution in [3.63, 3.8) is 0 Å². The maximum atomic E-state index is 10.1. The summed E-state index contributed by atoms with van der Waals surface area (Å²) in [7, 11) is -1.79. The molecule has 3 fully saturated rings. The van der Waals surface area contributed by atoms with E-state index in [0.29, 0.717) is 19.1 Å². The van der Waals surface area contributed by atoms with Crippen molar-refractivity contribution in [3.8, 4) is 0 Å². The quantitative estimate of drug-likeness (QED) is 0.814. The fraction of sp³-hybridized carbons (Fsp3) is 1.00. The van der Waals surface area contributed by atoms with Gasteiger partial charge in [0, 0.05) is 11.8 Å². The summed E-state index contributed by atoms with van der Waals surface area (Å²) in [6.07, 6.45) is 1.67. The topological polar surface area (TPSA) is 47.9 Å². The molecule has 3 rings (SSSR count). The molecule has 5 atom stereocenters. The monoisotopic (exact) mass is 300 g/mol. The van der Waals surface area contributed by atoms with Gasteiger partial charge in [-0.15, -0.1) is 0 Å². The summed E-state index contributed by atoms with van der Waals surface area (Å²) < 4.78 is 18.1. The van der Waals surface area contributed by atoms with Gasteiger partial charge in [-0.25, -0.2) is 0 Å². The van der Waals surface area contributed by atoms with Gasteiger partial charge in [0.1, 0.15) is 0 Å². The zero-order chi connectivity index (χ0) is 14.8. The first-order valence-electron chi connectivity index (χ1n) is 7.78. The van der Waals surface area contributed by atoms with E-state index >= 15 is 0 Å². The summed E-state index contributed by atoms with van der Waals surface area (Å²) in [6.45, 7) is 12.5. The number of hydrogen-bond donors (Lipinski definition) is 1. The first-order valence-corrected chi connectivity index (χ1v) is 10.7. The lowest BCUT2D eigenvalue weighted by Gasteiger charge is -2.41. The minimum atomic E-state index is -1.79. The van der Waals surface area contributed by atoms with Crippen LogP contribution < -0.4 is 0 Å². The summed E-state index contributed by atoms with van der Waals surface area (Å²) in [5, 5.41) is 10.3. The Morgan fingerprint density at radius 1 is 1.35 bits per heavy atom. The number of hydrogen-bond acceptors (Lipinski definition) is 4. The third kappa shape index (κ3) is 2.10. The first kappa shape index (κ1) is 15.0. The average Bonchev–Trinajstić information content (AvgIpc) is 2.98. The van der Waals surface area contributed by atoms with Crippen LogP contribution in [0.2, 0.25) is 18.1 Å². The molecule has 116 valence electrons. The minimum Gasteiger partial charge on any atom is -0.414 e. The van der Waals surface area contributed by atoms with E-state index in [1.54, 1.807) is 0 Å². The lowest BCUT2D eigenvalue weighted by Crippen LogP contribution is -2.50. The molecule has 4 unspecified atom stereocenters. The second-order valence-electron chi connectivity index (χ2n) is 8.22. The highest BCUT2D eigenvalue weighted by atomic mass is 28.4. The van der Waals surface area contributed by atoms with Crippen molar-refractivity contribution in [3.05, 3.63) is 0 Å². The van der Waals surface area contributed by atoms with Gasteiger partial charge in [-0.1, -0.05) is 20.8 Å². The highest BCUT2D eigenvalue weighted by molar-refractivity contribution is 6.74. The van der Waals surface area contributed by atoms with E-state index < -0.39 is 14.6 Å². The van der Waals surface area contributed by atoms with Crippen LogP contribution in [0.3, 0.4) is 0 Å². The van der Waals surface area contributed by atoms with E-state index in [1.165, 1.54) is 0 Å². The molecule has 0 aromatic carbocycles. The smallest absolute Gasteiger partial charge is 0.192 e. The Bertz CT molecular complexity index is 392. The predicted molar refractivity (Wildman–Crippen MR) is 78.9 cm³/mol. The van der Waals surface area contributed by atoms with Crippen molar-refractivity contribution >= 4 is 8.32 Å². The lowest BCUT2D eigenvalue weighted by molar-refractivity contribution is -0.145. The number of ether oxygens (including phenoxy) is 2. The number of aliphatic hydroxyl groups is 1. The van der Waals surface area contributed by atoms with E-state index in [-0.39, 0.29) is 22.7 Å². The predicted octanol–water partition coefficient (Wildman–Crippen LogP) is 2.52. The Morgan fingerprint density at radius 2 is 2.05 bits per heavy atom. The van der Waals surface area contributed by atoms with Gasteiger partial charge in [-0.3, -0.25) is 0 Å². The molecule has 0 amide bonds. The highest BCUT2D eigenvalue weighted by Crippen LogP contribution is 2.56. The van der Waals surface area contributed by atoms with Gasteiger partial charge < -0.3 is 19.0 Å². The molecule has 3 saturated heterocycles. The van der Waals surface area contributed by atoms with Gasteiger partial charge >= 0.3 is 0 Å². The second kappa shape index (κ2) is 4.52. The molecule has 5 heteroatoms. The molecule has 2 bridgehead atoms. The molecule has 0 spiro atoms. The number of fused-ring (bicyclic) bond motifs is 5. The Morgan fingerprint density at radius 3 is 2.70 bits per heavy atom. The van der Waals surface area contributed by atoms with Crippen LogP contribution in [0.25, 0.3) is 0 Å². The summed E-state index contributed by atoms with van der Waals surface area (Å²) in [4.78, 5) is 0. The second-order valence-corrected chi connectivity index (χ2v) is 13.0. The van der Waals surface area contributed by atoms with Crippen molar-refractivity contribution in [1.82, 2.24) is 0 Å². The van der Waals surface area contributed by atoms with E-state index in [2.05, 4.69) is 33.9 Å². The van der Waals surface area contributed by atoms with Crippen LogP contribution in [0.1, 0.15) is 33.6 Å². The van der Waals surface area contributed by atoms with Crippen molar-refractivity contribution < 1.29 is 19.0 Å².